The van der Waals surface area contributed by atoms with Crippen molar-refractivity contribution in [2.24, 2.45) is 5.73 Å². The number of benzene rings is 1. The van der Waals surface area contributed by atoms with Crippen molar-refractivity contribution in [3.63, 3.8) is 0 Å². The Kier molecular flexibility index (Phi) is 6.00. The zero-order valence-corrected chi connectivity index (χ0v) is 11.9. The first-order valence-corrected chi connectivity index (χ1v) is 6.20. The molecule has 1 aliphatic rings. The third-order valence-electron chi connectivity index (χ3n) is 3.13. The number of nitrogens with zero attached hydrogens (tertiary/aromatic N) is 1. The van der Waals surface area contributed by atoms with Gasteiger partial charge in [-0.3, -0.25) is 4.79 Å². The van der Waals surface area contributed by atoms with Crippen molar-refractivity contribution in [3.8, 4) is 0 Å². The van der Waals surface area contributed by atoms with Gasteiger partial charge in [-0.05, 0) is 18.2 Å². The van der Waals surface area contributed by atoms with Crippen molar-refractivity contribution in [2.45, 2.75) is 12.3 Å². The Morgan fingerprint density at radius 2 is 2.14 bits per heavy atom. The Morgan fingerprint density at radius 3 is 2.76 bits per heavy atom. The number of amides is 1. The van der Waals surface area contributed by atoms with Gasteiger partial charge in [0.1, 0.15) is 0 Å². The summed E-state index contributed by atoms with van der Waals surface area (Å²) in [6.45, 7) is 1.26. The van der Waals surface area contributed by atoms with Crippen molar-refractivity contribution in [3.05, 3.63) is 35.4 Å². The predicted molar refractivity (Wildman–Crippen MR) is 73.4 cm³/mol. The summed E-state index contributed by atoms with van der Waals surface area (Å²) in [7, 11) is 0. The van der Waals surface area contributed by atoms with E-state index in [-0.39, 0.29) is 30.6 Å². The minimum absolute atomic E-state index is 0. The molecule has 0 aromatic heterocycles. The van der Waals surface area contributed by atoms with Crippen LogP contribution in [0.25, 0.3) is 0 Å². The van der Waals surface area contributed by atoms with E-state index in [1.807, 2.05) is 0 Å². The van der Waals surface area contributed by atoms with Crippen LogP contribution in [-0.2, 0) is 10.9 Å². The number of carbonyl (C=O) groups excluding carboxylic acids is 1. The standard InChI is InChI=1S/C13H15F3N2O2.ClH/c14-13(15,16)10-3-1-2-9(6-10)12(19)18-4-5-20-11(7-17)8-18;/h1-3,6,11H,4-5,7-8,17H2;1H. The first kappa shape index (κ1) is 17.7. The summed E-state index contributed by atoms with van der Waals surface area (Å²) in [5, 5.41) is 0. The molecular formula is C13H16ClF3N2O2. The Labute approximate surface area is 126 Å². The number of halogens is 4. The number of alkyl halides is 3. The fourth-order valence-electron chi connectivity index (χ4n) is 2.06. The lowest BCUT2D eigenvalue weighted by Gasteiger charge is -2.32. The molecule has 8 heteroatoms. The second-order valence-corrected chi connectivity index (χ2v) is 4.56. The van der Waals surface area contributed by atoms with Gasteiger partial charge in [0.15, 0.2) is 0 Å². The third kappa shape index (κ3) is 4.33. The molecule has 2 N–H and O–H groups in total. The highest BCUT2D eigenvalue weighted by Gasteiger charge is 2.32. The first-order valence-electron chi connectivity index (χ1n) is 6.20. The molecule has 118 valence electrons. The van der Waals surface area contributed by atoms with Crippen molar-refractivity contribution in [2.75, 3.05) is 26.2 Å². The molecule has 0 saturated carbocycles. The van der Waals surface area contributed by atoms with Gasteiger partial charge in [-0.2, -0.15) is 13.2 Å². The summed E-state index contributed by atoms with van der Waals surface area (Å²) in [5.41, 5.74) is 4.67. The van der Waals surface area contributed by atoms with Crippen LogP contribution in [0.2, 0.25) is 0 Å². The number of hydrogen-bond donors (Lipinski definition) is 1. The van der Waals surface area contributed by atoms with Gasteiger partial charge in [-0.25, -0.2) is 0 Å². The lowest BCUT2D eigenvalue weighted by Crippen LogP contribution is -2.48. The van der Waals surface area contributed by atoms with Crippen LogP contribution in [0.4, 0.5) is 13.2 Å². The van der Waals surface area contributed by atoms with Crippen LogP contribution in [0.15, 0.2) is 24.3 Å². The van der Waals surface area contributed by atoms with Crippen LogP contribution in [-0.4, -0.2) is 43.2 Å². The summed E-state index contributed by atoms with van der Waals surface area (Å²) in [6.07, 6.45) is -4.72. The number of hydrogen-bond acceptors (Lipinski definition) is 3. The lowest BCUT2D eigenvalue weighted by atomic mass is 10.1. The van der Waals surface area contributed by atoms with E-state index in [2.05, 4.69) is 0 Å². The molecule has 1 aromatic rings. The van der Waals surface area contributed by atoms with Crippen LogP contribution in [0, 0.1) is 0 Å². The maximum absolute atomic E-state index is 12.6. The molecule has 0 spiro atoms. The highest BCUT2D eigenvalue weighted by molar-refractivity contribution is 5.94. The summed E-state index contributed by atoms with van der Waals surface area (Å²) in [4.78, 5) is 13.7. The summed E-state index contributed by atoms with van der Waals surface area (Å²) < 4.78 is 43.2. The smallest absolute Gasteiger partial charge is 0.373 e. The molecule has 1 saturated heterocycles. The third-order valence-corrected chi connectivity index (χ3v) is 3.13. The van der Waals surface area contributed by atoms with Crippen LogP contribution >= 0.6 is 12.4 Å². The number of ether oxygens (including phenoxy) is 1. The van der Waals surface area contributed by atoms with Crippen LogP contribution in [0.3, 0.4) is 0 Å². The van der Waals surface area contributed by atoms with E-state index in [4.69, 9.17) is 10.5 Å². The first-order chi connectivity index (χ1) is 9.41. The molecule has 1 heterocycles. The monoisotopic (exact) mass is 324 g/mol. The summed E-state index contributed by atoms with van der Waals surface area (Å²) in [5.74, 6) is -0.433. The van der Waals surface area contributed by atoms with Gasteiger partial charge in [-0.15, -0.1) is 12.4 Å². The average Bonchev–Trinajstić information content (AvgIpc) is 2.46. The Morgan fingerprint density at radius 1 is 1.43 bits per heavy atom. The zero-order chi connectivity index (χ0) is 14.8. The zero-order valence-electron chi connectivity index (χ0n) is 11.1. The fourth-order valence-corrected chi connectivity index (χ4v) is 2.06. The molecule has 4 nitrogen and oxygen atoms in total. The molecule has 1 fully saturated rings. The van der Waals surface area contributed by atoms with E-state index < -0.39 is 17.6 Å². The highest BCUT2D eigenvalue weighted by atomic mass is 35.5. The van der Waals surface area contributed by atoms with E-state index in [1.54, 1.807) is 0 Å². The van der Waals surface area contributed by atoms with E-state index in [0.717, 1.165) is 12.1 Å². The Bertz CT molecular complexity index is 497. The van der Waals surface area contributed by atoms with E-state index >= 15 is 0 Å². The molecule has 1 aromatic carbocycles. The predicted octanol–water partition coefficient (Wildman–Crippen LogP) is 1.93. The SMILES string of the molecule is Cl.NCC1CN(C(=O)c2cccc(C(F)(F)F)c2)CCO1. The normalized spacial score (nSPS) is 19.0. The molecule has 21 heavy (non-hydrogen) atoms. The molecular weight excluding hydrogens is 309 g/mol. The second kappa shape index (κ2) is 7.11. The second-order valence-electron chi connectivity index (χ2n) is 4.56. The van der Waals surface area contributed by atoms with Crippen molar-refractivity contribution in [1.82, 2.24) is 4.90 Å². The van der Waals surface area contributed by atoms with Gasteiger partial charge in [-0.1, -0.05) is 6.07 Å². The highest BCUT2D eigenvalue weighted by Crippen LogP contribution is 2.29. The van der Waals surface area contributed by atoms with Gasteiger partial charge in [0.05, 0.1) is 18.3 Å². The molecule has 1 unspecified atom stereocenters. The molecule has 0 radical (unpaired) electrons. The molecule has 2 rings (SSSR count). The van der Waals surface area contributed by atoms with Gasteiger partial charge in [0.25, 0.3) is 5.91 Å². The van der Waals surface area contributed by atoms with Gasteiger partial charge < -0.3 is 15.4 Å². The maximum atomic E-state index is 12.6. The van der Waals surface area contributed by atoms with Crippen molar-refractivity contribution in [1.29, 1.82) is 0 Å². The molecule has 0 aliphatic carbocycles. The quantitative estimate of drug-likeness (QED) is 0.904. The molecule has 1 atom stereocenters. The largest absolute Gasteiger partial charge is 0.416 e. The topological polar surface area (TPSA) is 55.6 Å². The number of nitrogens with two attached hydrogens (primary N) is 1. The van der Waals surface area contributed by atoms with Crippen LogP contribution in [0.5, 0.6) is 0 Å². The lowest BCUT2D eigenvalue weighted by molar-refractivity contribution is -0.137. The Balaban J connectivity index is 0.00000220. The maximum Gasteiger partial charge on any atom is 0.416 e. The average molecular weight is 325 g/mol. The summed E-state index contributed by atoms with van der Waals surface area (Å²) >= 11 is 0. The summed E-state index contributed by atoms with van der Waals surface area (Å²) in [6, 6.07) is 4.43. The number of morpholine rings is 1. The molecule has 1 aliphatic heterocycles. The minimum Gasteiger partial charge on any atom is -0.373 e. The van der Waals surface area contributed by atoms with Crippen LogP contribution in [0.1, 0.15) is 15.9 Å². The fraction of sp³-hybridized carbons (Fsp3) is 0.462. The number of rotatable bonds is 2. The van der Waals surface area contributed by atoms with Gasteiger partial charge in [0, 0.05) is 25.2 Å². The van der Waals surface area contributed by atoms with E-state index in [0.29, 0.717) is 19.7 Å². The molecule has 1 amide bonds. The Hall–Kier alpha value is -1.31. The van der Waals surface area contributed by atoms with Crippen molar-refractivity contribution < 1.29 is 22.7 Å². The van der Waals surface area contributed by atoms with Gasteiger partial charge >= 0.3 is 6.18 Å². The molecule has 0 bridgehead atoms. The van der Waals surface area contributed by atoms with E-state index in [1.165, 1.54) is 17.0 Å². The van der Waals surface area contributed by atoms with Crippen LogP contribution < -0.4 is 5.73 Å². The number of carbonyl (C=O) groups is 1. The van der Waals surface area contributed by atoms with E-state index in [9.17, 15) is 18.0 Å². The van der Waals surface area contributed by atoms with Gasteiger partial charge in [0.2, 0.25) is 0 Å². The minimum atomic E-state index is -4.46. The van der Waals surface area contributed by atoms with Crippen molar-refractivity contribution >= 4 is 18.3 Å².